The average molecular weight is 814 g/mol. The highest BCUT2D eigenvalue weighted by atomic mass is 35.5. The van der Waals surface area contributed by atoms with E-state index in [0.29, 0.717) is 43.0 Å². The molecule has 5 heterocycles. The number of anilines is 2. The van der Waals surface area contributed by atoms with Crippen LogP contribution in [0.25, 0.3) is 11.0 Å². The lowest BCUT2D eigenvalue weighted by Gasteiger charge is -2.41. The molecule has 57 heavy (non-hydrogen) atoms. The standard InChI is InChI=1S/C41H44ClN7O7S/c42-30-6-4-28(5-7-30)37-3-1-2-17-48(37)25-27-13-18-47(19-14-27)32-8-10-35(39(22-32)56-33-21-29-12-16-43-40(29)44-24-33)41(50)46-57(53,54)34-9-11-36(38(23-34)49(51)52)45-31-15-20-55-26-31/h4-12,16,21-24,27,31,37,45H,1-3,13-15,17-20,25-26H2,(H,43,44)(H,46,50). The molecule has 3 aromatic carbocycles. The molecular formula is C41H44ClN7O7S. The molecule has 3 saturated heterocycles. The van der Waals surface area contributed by atoms with Gasteiger partial charge in [-0.05, 0) is 98.7 Å². The van der Waals surface area contributed by atoms with Gasteiger partial charge in [0.2, 0.25) is 0 Å². The number of benzene rings is 3. The Morgan fingerprint density at radius 2 is 1.82 bits per heavy atom. The number of carbonyl (C=O) groups is 1. The summed E-state index contributed by atoms with van der Waals surface area (Å²) >= 11 is 6.19. The van der Waals surface area contributed by atoms with E-state index >= 15 is 0 Å². The summed E-state index contributed by atoms with van der Waals surface area (Å²) in [5.41, 5.74) is 2.52. The third kappa shape index (κ3) is 8.86. The van der Waals surface area contributed by atoms with Crippen LogP contribution >= 0.6 is 11.6 Å². The van der Waals surface area contributed by atoms with Gasteiger partial charge in [-0.25, -0.2) is 18.1 Å². The molecule has 3 N–H and O–H groups in total. The average Bonchev–Trinajstić information content (AvgIpc) is 3.91. The maximum absolute atomic E-state index is 13.8. The number of fused-ring (bicyclic) bond motifs is 1. The molecule has 2 aromatic heterocycles. The number of sulfonamides is 1. The number of likely N-dealkylation sites (tertiary alicyclic amines) is 1. The SMILES string of the molecule is O=C(NS(=O)(=O)c1ccc(NC2CCOC2)c([N+](=O)[O-])c1)c1ccc(N2CCC(CN3CCCCC3c3ccc(Cl)cc3)CC2)cc1Oc1cnc2[nH]ccc2c1. The molecule has 0 bridgehead atoms. The predicted molar refractivity (Wildman–Crippen MR) is 218 cm³/mol. The third-order valence-corrected chi connectivity index (χ3v) is 12.7. The molecular weight excluding hydrogens is 770 g/mol. The molecule has 298 valence electrons. The van der Waals surface area contributed by atoms with Crippen molar-refractivity contribution >= 4 is 55.6 Å². The van der Waals surface area contributed by atoms with Gasteiger partial charge in [-0.15, -0.1) is 0 Å². The maximum Gasteiger partial charge on any atom is 0.293 e. The number of nitrogens with one attached hydrogen (secondary N) is 3. The molecule has 5 aromatic rings. The number of aromatic nitrogens is 2. The molecule has 0 saturated carbocycles. The number of H-pyrrole nitrogens is 1. The van der Waals surface area contributed by atoms with E-state index in [4.69, 9.17) is 21.1 Å². The molecule has 14 nitrogen and oxygen atoms in total. The van der Waals surface area contributed by atoms with Crippen LogP contribution in [0, 0.1) is 16.0 Å². The summed E-state index contributed by atoms with van der Waals surface area (Å²) in [5, 5.41) is 16.6. The zero-order valence-corrected chi connectivity index (χ0v) is 32.8. The lowest BCUT2D eigenvalue weighted by Crippen LogP contribution is -2.41. The van der Waals surface area contributed by atoms with Crippen LogP contribution in [0.4, 0.5) is 17.1 Å². The summed E-state index contributed by atoms with van der Waals surface area (Å²) < 4.78 is 40.9. The summed E-state index contributed by atoms with van der Waals surface area (Å²) in [4.78, 5) is 37.0. The molecule has 1 amide bonds. The predicted octanol–water partition coefficient (Wildman–Crippen LogP) is 7.68. The first-order valence-electron chi connectivity index (χ1n) is 19.3. The zero-order valence-electron chi connectivity index (χ0n) is 31.2. The monoisotopic (exact) mass is 813 g/mol. The number of nitro groups is 1. The number of ether oxygens (including phenoxy) is 2. The van der Waals surface area contributed by atoms with Crippen LogP contribution in [-0.2, 0) is 14.8 Å². The van der Waals surface area contributed by atoms with Crippen LogP contribution in [0.5, 0.6) is 11.5 Å². The molecule has 0 aliphatic carbocycles. The summed E-state index contributed by atoms with van der Waals surface area (Å²) in [5.74, 6) is 0.0767. The van der Waals surface area contributed by atoms with Crippen molar-refractivity contribution < 1.29 is 27.6 Å². The molecule has 0 spiro atoms. The van der Waals surface area contributed by atoms with E-state index in [9.17, 15) is 23.3 Å². The Balaban J connectivity index is 0.999. The van der Waals surface area contributed by atoms with Crippen molar-refractivity contribution in [2.45, 2.75) is 55.5 Å². The Morgan fingerprint density at radius 1 is 1.00 bits per heavy atom. The summed E-state index contributed by atoms with van der Waals surface area (Å²) in [7, 11) is -4.54. The van der Waals surface area contributed by atoms with Crippen molar-refractivity contribution in [1.82, 2.24) is 19.6 Å². The number of nitrogens with zero attached hydrogens (tertiary/aromatic N) is 4. The molecule has 3 aliphatic heterocycles. The summed E-state index contributed by atoms with van der Waals surface area (Å²) in [6, 6.07) is 20.7. The Labute approximate surface area is 335 Å². The second-order valence-corrected chi connectivity index (χ2v) is 17.1. The number of pyridine rings is 1. The highest BCUT2D eigenvalue weighted by Crippen LogP contribution is 2.36. The van der Waals surface area contributed by atoms with E-state index in [-0.39, 0.29) is 23.0 Å². The number of rotatable bonds is 12. The fraction of sp³-hybridized carbons (Fsp3) is 0.366. The highest BCUT2D eigenvalue weighted by Gasteiger charge is 2.30. The molecule has 3 fully saturated rings. The first kappa shape index (κ1) is 38.6. The molecule has 8 rings (SSSR count). The van der Waals surface area contributed by atoms with Gasteiger partial charge in [0.15, 0.2) is 0 Å². The van der Waals surface area contributed by atoms with Gasteiger partial charge in [0.1, 0.15) is 22.8 Å². The Morgan fingerprint density at radius 3 is 2.60 bits per heavy atom. The number of carbonyl (C=O) groups excluding carboxylic acids is 1. The van der Waals surface area contributed by atoms with Crippen molar-refractivity contribution in [2.24, 2.45) is 5.92 Å². The van der Waals surface area contributed by atoms with E-state index in [1.165, 1.54) is 36.7 Å². The van der Waals surface area contributed by atoms with Gasteiger partial charge in [0.25, 0.3) is 21.6 Å². The van der Waals surface area contributed by atoms with Crippen molar-refractivity contribution in [2.75, 3.05) is 49.6 Å². The van der Waals surface area contributed by atoms with E-state index in [2.05, 4.69) is 41.9 Å². The van der Waals surface area contributed by atoms with Gasteiger partial charge in [-0.2, -0.15) is 0 Å². The molecule has 16 heteroatoms. The summed E-state index contributed by atoms with van der Waals surface area (Å²) in [6.07, 6.45) is 9.47. The van der Waals surface area contributed by atoms with Gasteiger partial charge < -0.3 is 24.7 Å². The second-order valence-electron chi connectivity index (χ2n) is 14.9. The van der Waals surface area contributed by atoms with Crippen molar-refractivity contribution in [3.05, 3.63) is 111 Å². The van der Waals surface area contributed by atoms with Crippen LogP contribution in [0.1, 0.15) is 60.5 Å². The number of nitro benzene ring substituents is 1. The first-order valence-corrected chi connectivity index (χ1v) is 21.1. The van der Waals surface area contributed by atoms with Crippen LogP contribution in [0.15, 0.2) is 90.1 Å². The van der Waals surface area contributed by atoms with Gasteiger partial charge in [-0.3, -0.25) is 19.8 Å². The van der Waals surface area contributed by atoms with E-state index in [1.807, 2.05) is 18.2 Å². The summed E-state index contributed by atoms with van der Waals surface area (Å²) in [6.45, 7) is 4.62. The maximum atomic E-state index is 13.8. The molecule has 2 atom stereocenters. The lowest BCUT2D eigenvalue weighted by molar-refractivity contribution is -0.384. The Hall–Kier alpha value is -5.22. The minimum absolute atomic E-state index is 0.0289. The minimum Gasteiger partial charge on any atom is -0.455 e. The number of amides is 1. The highest BCUT2D eigenvalue weighted by molar-refractivity contribution is 7.90. The quantitative estimate of drug-likeness (QED) is 0.0834. The second kappa shape index (κ2) is 16.7. The topological polar surface area (TPSA) is 172 Å². The number of halogens is 1. The number of piperidine rings is 2. The third-order valence-electron chi connectivity index (χ3n) is 11.1. The lowest BCUT2D eigenvalue weighted by atomic mass is 9.91. The van der Waals surface area contributed by atoms with Gasteiger partial charge in [0.05, 0.1) is 34.2 Å². The normalized spacial score (nSPS) is 19.4. The number of aromatic amines is 1. The molecule has 0 radical (unpaired) electrons. The number of hydrogen-bond donors (Lipinski definition) is 3. The Kier molecular flexibility index (Phi) is 11.3. The smallest absolute Gasteiger partial charge is 0.293 e. The van der Waals surface area contributed by atoms with Crippen molar-refractivity contribution in [3.63, 3.8) is 0 Å². The number of hydrogen-bond acceptors (Lipinski definition) is 11. The van der Waals surface area contributed by atoms with Gasteiger partial charge in [0, 0.05) is 66.7 Å². The minimum atomic E-state index is -4.54. The largest absolute Gasteiger partial charge is 0.455 e. The van der Waals surface area contributed by atoms with E-state index in [1.54, 1.807) is 30.5 Å². The van der Waals surface area contributed by atoms with Crippen molar-refractivity contribution in [1.29, 1.82) is 0 Å². The first-order chi connectivity index (χ1) is 27.6. The van der Waals surface area contributed by atoms with E-state index in [0.717, 1.165) is 67.6 Å². The van der Waals surface area contributed by atoms with Crippen molar-refractivity contribution in [3.8, 4) is 11.5 Å². The zero-order chi connectivity index (χ0) is 39.5. The van der Waals surface area contributed by atoms with Crippen LogP contribution < -0.4 is 19.7 Å². The molecule has 2 unspecified atom stereocenters. The van der Waals surface area contributed by atoms with E-state index < -0.39 is 31.4 Å². The van der Waals surface area contributed by atoms with Gasteiger partial charge >= 0.3 is 0 Å². The van der Waals surface area contributed by atoms with Crippen LogP contribution in [0.2, 0.25) is 5.02 Å². The van der Waals surface area contributed by atoms with Crippen LogP contribution in [0.3, 0.4) is 0 Å². The molecule has 3 aliphatic rings. The fourth-order valence-corrected chi connectivity index (χ4v) is 9.23. The van der Waals surface area contributed by atoms with Gasteiger partial charge in [-0.1, -0.05) is 30.2 Å². The Bertz CT molecular complexity index is 2360. The fourth-order valence-electron chi connectivity index (χ4n) is 8.12. The van der Waals surface area contributed by atoms with Crippen LogP contribution in [-0.4, -0.2) is 79.6 Å².